The molecule has 1 aliphatic rings. The molecule has 2 heterocycles. The summed E-state index contributed by atoms with van der Waals surface area (Å²) in [5, 5.41) is 13.0. The average Bonchev–Trinajstić information content (AvgIpc) is 3.35. The van der Waals surface area contributed by atoms with Gasteiger partial charge in [-0.2, -0.15) is 10.2 Å². The zero-order chi connectivity index (χ0) is 26.2. The lowest BCUT2D eigenvalue weighted by molar-refractivity contribution is -0.134. The van der Waals surface area contributed by atoms with Crippen LogP contribution in [-0.4, -0.2) is 33.5 Å². The fourth-order valence-corrected chi connectivity index (χ4v) is 4.53. The lowest BCUT2D eigenvalue weighted by Crippen LogP contribution is -2.36. The largest absolute Gasteiger partial charge is 0.497 e. The number of rotatable bonds is 5. The zero-order valence-corrected chi connectivity index (χ0v) is 21.5. The van der Waals surface area contributed by atoms with E-state index in [-0.39, 0.29) is 29.5 Å². The van der Waals surface area contributed by atoms with Crippen molar-refractivity contribution in [2.75, 3.05) is 7.11 Å². The first-order chi connectivity index (χ1) is 17.7. The summed E-state index contributed by atoms with van der Waals surface area (Å²) in [4.78, 5) is 26.2. The van der Waals surface area contributed by atoms with E-state index in [2.05, 4.69) is 29.4 Å². The number of nitrogens with zero attached hydrogens (tertiary/aromatic N) is 4. The monoisotopic (exact) mass is 494 g/mol. The maximum Gasteiger partial charge on any atom is 0.267 e. The van der Waals surface area contributed by atoms with Crippen molar-refractivity contribution in [1.29, 1.82) is 0 Å². The van der Waals surface area contributed by atoms with E-state index in [1.54, 1.807) is 13.2 Å². The lowest BCUT2D eigenvalue weighted by Gasteiger charge is -2.23. The number of methoxy groups -OCH3 is 1. The Balaban J connectivity index is 1.51. The minimum atomic E-state index is -0.319. The third-order valence-corrected chi connectivity index (χ3v) is 6.67. The Kier molecular flexibility index (Phi) is 6.38. The molecule has 1 aromatic heterocycles. The molecule has 7 heteroatoms. The molecule has 0 radical (unpaired) electrons. The molecule has 4 aromatic rings. The first kappa shape index (κ1) is 24.4. The van der Waals surface area contributed by atoms with Crippen LogP contribution in [0.2, 0.25) is 0 Å². The van der Waals surface area contributed by atoms with Crippen LogP contribution in [0.1, 0.15) is 50.1 Å². The van der Waals surface area contributed by atoms with Gasteiger partial charge in [0.1, 0.15) is 12.3 Å². The van der Waals surface area contributed by atoms with Gasteiger partial charge in [0, 0.05) is 17.9 Å². The molecule has 0 spiro atoms. The molecule has 3 aromatic carbocycles. The Morgan fingerprint density at radius 3 is 2.41 bits per heavy atom. The Bertz CT molecular complexity index is 1550. The fraction of sp³-hybridized carbons (Fsp3) is 0.267. The molecule has 0 saturated heterocycles. The van der Waals surface area contributed by atoms with E-state index in [0.29, 0.717) is 6.42 Å². The average molecular weight is 495 g/mol. The molecule has 0 N–H and O–H groups in total. The second kappa shape index (κ2) is 9.65. The van der Waals surface area contributed by atoms with Gasteiger partial charge >= 0.3 is 0 Å². The molecule has 1 amide bonds. The number of benzene rings is 3. The van der Waals surface area contributed by atoms with Gasteiger partial charge in [-0.05, 0) is 46.2 Å². The number of aromatic nitrogens is 2. The SMILES string of the molecule is COc1ccc(C2CC(c3ccc4ccccc4c3)=NN2C(=O)Cn2nc(C(C)(C)C)ccc2=O)cc1. The van der Waals surface area contributed by atoms with Crippen molar-refractivity contribution < 1.29 is 9.53 Å². The van der Waals surface area contributed by atoms with Crippen LogP contribution in [0.5, 0.6) is 5.75 Å². The van der Waals surface area contributed by atoms with E-state index in [1.807, 2.05) is 63.2 Å². The van der Waals surface area contributed by atoms with Gasteiger partial charge < -0.3 is 4.74 Å². The highest BCUT2D eigenvalue weighted by Gasteiger charge is 2.33. The first-order valence-electron chi connectivity index (χ1n) is 12.3. The molecule has 188 valence electrons. The van der Waals surface area contributed by atoms with Crippen LogP contribution in [0.4, 0.5) is 0 Å². The number of hydrogen-bond acceptors (Lipinski definition) is 5. The summed E-state index contributed by atoms with van der Waals surface area (Å²) >= 11 is 0. The molecular weight excluding hydrogens is 464 g/mol. The highest BCUT2D eigenvalue weighted by atomic mass is 16.5. The van der Waals surface area contributed by atoms with Gasteiger partial charge in [-0.15, -0.1) is 0 Å². The van der Waals surface area contributed by atoms with Crippen molar-refractivity contribution in [3.8, 4) is 5.75 Å². The van der Waals surface area contributed by atoms with Crippen LogP contribution >= 0.6 is 0 Å². The second-order valence-electron chi connectivity index (χ2n) is 10.3. The van der Waals surface area contributed by atoms with E-state index >= 15 is 0 Å². The quantitative estimate of drug-likeness (QED) is 0.388. The van der Waals surface area contributed by atoms with Gasteiger partial charge in [0.25, 0.3) is 11.5 Å². The van der Waals surface area contributed by atoms with Crippen molar-refractivity contribution in [2.45, 2.75) is 45.2 Å². The van der Waals surface area contributed by atoms with E-state index in [4.69, 9.17) is 9.84 Å². The molecule has 1 aliphatic heterocycles. The van der Waals surface area contributed by atoms with Crippen molar-refractivity contribution in [2.24, 2.45) is 5.10 Å². The highest BCUT2D eigenvalue weighted by molar-refractivity contribution is 6.05. The Morgan fingerprint density at radius 2 is 1.70 bits per heavy atom. The minimum Gasteiger partial charge on any atom is -0.497 e. The number of ether oxygens (including phenoxy) is 1. The first-order valence-corrected chi connectivity index (χ1v) is 12.3. The van der Waals surface area contributed by atoms with Crippen LogP contribution in [-0.2, 0) is 16.8 Å². The molecule has 37 heavy (non-hydrogen) atoms. The van der Waals surface area contributed by atoms with Crippen molar-refractivity contribution in [3.05, 3.63) is 106 Å². The summed E-state index contributed by atoms with van der Waals surface area (Å²) in [5.41, 5.74) is 2.91. The molecular formula is C30H30N4O3. The summed E-state index contributed by atoms with van der Waals surface area (Å²) in [6, 6.07) is 24.9. The highest BCUT2D eigenvalue weighted by Crippen LogP contribution is 2.34. The van der Waals surface area contributed by atoms with Gasteiger partial charge in [0.15, 0.2) is 0 Å². The summed E-state index contributed by atoms with van der Waals surface area (Å²) in [6.07, 6.45) is 0.556. The maximum atomic E-state index is 13.6. The Hall–Kier alpha value is -4.26. The van der Waals surface area contributed by atoms with E-state index in [9.17, 15) is 9.59 Å². The van der Waals surface area contributed by atoms with E-state index in [0.717, 1.165) is 39.1 Å². The van der Waals surface area contributed by atoms with Crippen LogP contribution in [0.3, 0.4) is 0 Å². The standard InChI is InChI=1S/C30H30N4O3/c1-30(2,3)27-15-16-28(35)33(32-27)19-29(36)34-26(21-11-13-24(37-4)14-12-21)18-25(31-34)23-10-9-20-7-5-6-8-22(20)17-23/h5-17,26H,18-19H2,1-4H3. The number of hydrogen-bond donors (Lipinski definition) is 0. The predicted octanol–water partition coefficient (Wildman–Crippen LogP) is 5.08. The van der Waals surface area contributed by atoms with Crippen LogP contribution in [0.15, 0.2) is 88.8 Å². The van der Waals surface area contributed by atoms with Gasteiger partial charge in [-0.3, -0.25) is 9.59 Å². The van der Waals surface area contributed by atoms with Crippen molar-refractivity contribution in [1.82, 2.24) is 14.8 Å². The van der Waals surface area contributed by atoms with Gasteiger partial charge in [0.2, 0.25) is 0 Å². The van der Waals surface area contributed by atoms with E-state index < -0.39 is 0 Å². The third-order valence-electron chi connectivity index (χ3n) is 6.67. The summed E-state index contributed by atoms with van der Waals surface area (Å²) < 4.78 is 6.55. The van der Waals surface area contributed by atoms with E-state index in [1.165, 1.54) is 15.8 Å². The smallest absolute Gasteiger partial charge is 0.267 e. The molecule has 0 saturated carbocycles. The number of carbonyl (C=O) groups excluding carboxylic acids is 1. The minimum absolute atomic E-state index is 0.191. The number of hydrazone groups is 1. The van der Waals surface area contributed by atoms with Crippen LogP contribution in [0.25, 0.3) is 10.8 Å². The van der Waals surface area contributed by atoms with Gasteiger partial charge in [-0.1, -0.05) is 69.3 Å². The Morgan fingerprint density at radius 1 is 0.973 bits per heavy atom. The summed E-state index contributed by atoms with van der Waals surface area (Å²) in [5.74, 6) is 0.447. The van der Waals surface area contributed by atoms with Crippen molar-refractivity contribution >= 4 is 22.4 Å². The predicted molar refractivity (Wildman–Crippen MR) is 145 cm³/mol. The zero-order valence-electron chi connectivity index (χ0n) is 21.5. The normalized spacial score (nSPS) is 15.6. The Labute approximate surface area is 216 Å². The molecule has 0 fully saturated rings. The van der Waals surface area contributed by atoms with Crippen LogP contribution in [0, 0.1) is 0 Å². The van der Waals surface area contributed by atoms with Crippen LogP contribution < -0.4 is 10.3 Å². The summed E-state index contributed by atoms with van der Waals surface area (Å²) in [6.45, 7) is 5.87. The second-order valence-corrected chi connectivity index (χ2v) is 10.3. The van der Waals surface area contributed by atoms with Crippen molar-refractivity contribution in [3.63, 3.8) is 0 Å². The third kappa shape index (κ3) is 5.03. The number of carbonyl (C=O) groups is 1. The van der Waals surface area contributed by atoms with Gasteiger partial charge in [-0.25, -0.2) is 9.69 Å². The number of fused-ring (bicyclic) bond motifs is 1. The molecule has 1 atom stereocenters. The lowest BCUT2D eigenvalue weighted by atomic mass is 9.92. The van der Waals surface area contributed by atoms with Gasteiger partial charge in [0.05, 0.1) is 24.6 Å². The molecule has 7 nitrogen and oxygen atoms in total. The number of amides is 1. The topological polar surface area (TPSA) is 76.8 Å². The molecule has 1 unspecified atom stereocenters. The fourth-order valence-electron chi connectivity index (χ4n) is 4.53. The molecule has 0 bridgehead atoms. The maximum absolute atomic E-state index is 13.6. The molecule has 5 rings (SSSR count). The summed E-state index contributed by atoms with van der Waals surface area (Å²) in [7, 11) is 1.62. The molecule has 0 aliphatic carbocycles.